The summed E-state index contributed by atoms with van der Waals surface area (Å²) in [5, 5.41) is 0. The number of benzene rings is 2. The predicted octanol–water partition coefficient (Wildman–Crippen LogP) is 6.70. The Labute approximate surface area is 183 Å². The molecule has 1 aliphatic rings. The summed E-state index contributed by atoms with van der Waals surface area (Å²) in [7, 11) is -1.87. The van der Waals surface area contributed by atoms with E-state index in [1.54, 1.807) is 7.05 Å². The molecule has 0 aliphatic carbocycles. The molecule has 1 atom stereocenters. The van der Waals surface area contributed by atoms with Crippen molar-refractivity contribution in [2.75, 3.05) is 11.4 Å². The van der Waals surface area contributed by atoms with Crippen LogP contribution in [0.3, 0.4) is 0 Å². The highest BCUT2D eigenvalue weighted by molar-refractivity contribution is 14.1. The van der Waals surface area contributed by atoms with Gasteiger partial charge in [-0.15, -0.1) is 0 Å². The van der Waals surface area contributed by atoms with Crippen molar-refractivity contribution in [1.82, 2.24) is 0 Å². The van der Waals surface area contributed by atoms with Gasteiger partial charge in [-0.05, 0) is 58.3 Å². The summed E-state index contributed by atoms with van der Waals surface area (Å²) < 4.78 is 29.0. The van der Waals surface area contributed by atoms with Crippen molar-refractivity contribution in [1.29, 1.82) is 0 Å². The Morgan fingerprint density at radius 2 is 1.61 bits per heavy atom. The molecule has 0 aromatic heterocycles. The summed E-state index contributed by atoms with van der Waals surface area (Å²) in [6.45, 7) is 2.24. The predicted molar refractivity (Wildman–Crippen MR) is 126 cm³/mol. The fourth-order valence-corrected chi connectivity index (χ4v) is 6.36. The molecule has 1 aliphatic heterocycles. The number of nitrogens with zero attached hydrogens (tertiary/aromatic N) is 1. The third-order valence-electron chi connectivity index (χ3n) is 5.74. The highest BCUT2D eigenvalue weighted by atomic mass is 127. The molecule has 0 amide bonds. The number of sulfonamides is 1. The van der Waals surface area contributed by atoms with Crippen LogP contribution in [0.5, 0.6) is 0 Å². The summed E-state index contributed by atoms with van der Waals surface area (Å²) in [5.74, 6) is 0.124. The Hall–Kier alpha value is -1.08. The Morgan fingerprint density at radius 1 is 0.929 bits per heavy atom. The number of fused-ring (bicyclic) bond motifs is 2. The molecule has 0 spiro atoms. The van der Waals surface area contributed by atoms with Crippen molar-refractivity contribution in [3.05, 3.63) is 57.2 Å². The van der Waals surface area contributed by atoms with Crippen molar-refractivity contribution >= 4 is 38.3 Å². The van der Waals surface area contributed by atoms with E-state index in [1.807, 2.05) is 36.4 Å². The fraction of sp³-hybridized carbons (Fsp3) is 0.478. The average molecular weight is 511 g/mol. The standard InChI is InChI=1S/C23H30INO2S/c1-3-4-5-6-7-8-9-12-19-20-13-10-11-14-22(20)25(2)28(26,27)23-17-18(24)15-16-21(19)23/h10-11,13-17,19H,3-9,12H2,1-2H3. The van der Waals surface area contributed by atoms with Gasteiger partial charge in [0.1, 0.15) is 0 Å². The first kappa shape index (κ1) is 21.6. The van der Waals surface area contributed by atoms with E-state index in [1.165, 1.54) is 42.8 Å². The van der Waals surface area contributed by atoms with Gasteiger partial charge in [0, 0.05) is 16.5 Å². The lowest BCUT2D eigenvalue weighted by Gasteiger charge is -2.21. The lowest BCUT2D eigenvalue weighted by molar-refractivity contribution is 0.556. The Kier molecular flexibility index (Phi) is 7.42. The van der Waals surface area contributed by atoms with E-state index in [2.05, 4.69) is 35.6 Å². The van der Waals surface area contributed by atoms with E-state index in [-0.39, 0.29) is 5.92 Å². The van der Waals surface area contributed by atoms with Gasteiger partial charge in [-0.3, -0.25) is 4.31 Å². The van der Waals surface area contributed by atoms with Crippen LogP contribution in [0.2, 0.25) is 0 Å². The molecule has 1 heterocycles. The van der Waals surface area contributed by atoms with Gasteiger partial charge in [0.05, 0.1) is 10.6 Å². The second kappa shape index (κ2) is 9.61. The van der Waals surface area contributed by atoms with Crippen LogP contribution in [0.25, 0.3) is 0 Å². The van der Waals surface area contributed by atoms with Crippen LogP contribution in [-0.4, -0.2) is 15.5 Å². The average Bonchev–Trinajstić information content (AvgIpc) is 2.75. The third kappa shape index (κ3) is 4.56. The second-order valence-electron chi connectivity index (χ2n) is 7.68. The van der Waals surface area contributed by atoms with E-state index < -0.39 is 10.0 Å². The third-order valence-corrected chi connectivity index (χ3v) is 8.24. The summed E-state index contributed by atoms with van der Waals surface area (Å²) in [5.41, 5.74) is 2.88. The zero-order valence-electron chi connectivity index (χ0n) is 16.8. The van der Waals surface area contributed by atoms with Gasteiger partial charge in [-0.25, -0.2) is 8.42 Å². The Morgan fingerprint density at radius 3 is 2.36 bits per heavy atom. The number of unbranched alkanes of at least 4 members (excludes halogenated alkanes) is 6. The zero-order chi connectivity index (χ0) is 20.1. The maximum Gasteiger partial charge on any atom is 0.264 e. The molecular weight excluding hydrogens is 481 g/mol. The first-order valence-corrected chi connectivity index (χ1v) is 12.9. The van der Waals surface area contributed by atoms with E-state index in [0.717, 1.165) is 33.2 Å². The number of anilines is 1. The monoisotopic (exact) mass is 511 g/mol. The maximum atomic E-state index is 13.3. The van der Waals surface area contributed by atoms with E-state index in [4.69, 9.17) is 0 Å². The molecule has 28 heavy (non-hydrogen) atoms. The number of para-hydroxylation sites is 1. The minimum atomic E-state index is -3.54. The molecule has 0 fully saturated rings. The van der Waals surface area contributed by atoms with E-state index in [0.29, 0.717) is 4.90 Å². The molecule has 3 rings (SSSR count). The van der Waals surface area contributed by atoms with Crippen molar-refractivity contribution in [3.63, 3.8) is 0 Å². The molecular formula is C23H30INO2S. The molecule has 0 saturated heterocycles. The molecule has 1 unspecified atom stereocenters. The lowest BCUT2D eigenvalue weighted by Crippen LogP contribution is -2.26. The van der Waals surface area contributed by atoms with Crippen LogP contribution in [-0.2, 0) is 10.0 Å². The molecule has 0 bridgehead atoms. The SMILES string of the molecule is CCCCCCCCCC1c2ccccc2N(C)S(=O)(=O)c2cc(I)ccc21. The highest BCUT2D eigenvalue weighted by Gasteiger charge is 2.34. The first-order valence-electron chi connectivity index (χ1n) is 10.3. The smallest absolute Gasteiger partial charge is 0.264 e. The molecule has 3 nitrogen and oxygen atoms in total. The summed E-state index contributed by atoms with van der Waals surface area (Å²) >= 11 is 2.20. The molecule has 0 N–H and O–H groups in total. The zero-order valence-corrected chi connectivity index (χ0v) is 19.8. The maximum absolute atomic E-state index is 13.3. The summed E-state index contributed by atoms with van der Waals surface area (Å²) in [4.78, 5) is 0.464. The Balaban J connectivity index is 1.90. The van der Waals surface area contributed by atoms with Gasteiger partial charge in [0.25, 0.3) is 10.0 Å². The quantitative estimate of drug-likeness (QED) is 0.292. The fourth-order valence-electron chi connectivity index (χ4n) is 4.15. The topological polar surface area (TPSA) is 37.4 Å². The van der Waals surface area contributed by atoms with Gasteiger partial charge in [-0.2, -0.15) is 0 Å². The molecule has 0 radical (unpaired) electrons. The summed E-state index contributed by atoms with van der Waals surface area (Å²) in [6.07, 6.45) is 9.83. The van der Waals surface area contributed by atoms with Crippen LogP contribution in [0, 0.1) is 3.57 Å². The van der Waals surface area contributed by atoms with Gasteiger partial charge in [0.15, 0.2) is 0 Å². The van der Waals surface area contributed by atoms with E-state index >= 15 is 0 Å². The minimum absolute atomic E-state index is 0.124. The largest absolute Gasteiger partial charge is 0.269 e. The van der Waals surface area contributed by atoms with Crippen molar-refractivity contribution in [2.24, 2.45) is 0 Å². The number of rotatable bonds is 8. The molecule has 152 valence electrons. The number of hydrogen-bond acceptors (Lipinski definition) is 2. The number of halogens is 1. The molecule has 2 aromatic rings. The second-order valence-corrected chi connectivity index (χ2v) is 10.9. The van der Waals surface area contributed by atoms with Crippen LogP contribution in [0.4, 0.5) is 5.69 Å². The van der Waals surface area contributed by atoms with E-state index in [9.17, 15) is 8.42 Å². The van der Waals surface area contributed by atoms with Crippen molar-refractivity contribution < 1.29 is 8.42 Å². The number of hydrogen-bond donors (Lipinski definition) is 0. The van der Waals surface area contributed by atoms with Crippen molar-refractivity contribution in [2.45, 2.75) is 69.1 Å². The minimum Gasteiger partial charge on any atom is -0.269 e. The molecule has 2 aromatic carbocycles. The van der Waals surface area contributed by atoms with Crippen LogP contribution in [0.15, 0.2) is 47.4 Å². The first-order chi connectivity index (χ1) is 13.5. The molecule has 0 saturated carbocycles. The van der Waals surface area contributed by atoms with Gasteiger partial charge >= 0.3 is 0 Å². The summed E-state index contributed by atoms with van der Waals surface area (Å²) in [6, 6.07) is 13.9. The van der Waals surface area contributed by atoms with Gasteiger partial charge in [-0.1, -0.05) is 76.1 Å². The van der Waals surface area contributed by atoms with Crippen LogP contribution in [0.1, 0.15) is 75.3 Å². The highest BCUT2D eigenvalue weighted by Crippen LogP contribution is 2.43. The Bertz CT molecular complexity index is 911. The van der Waals surface area contributed by atoms with Crippen LogP contribution < -0.4 is 4.31 Å². The molecule has 5 heteroatoms. The van der Waals surface area contributed by atoms with Gasteiger partial charge < -0.3 is 0 Å². The van der Waals surface area contributed by atoms with Crippen LogP contribution >= 0.6 is 22.6 Å². The lowest BCUT2D eigenvalue weighted by atomic mass is 9.85. The van der Waals surface area contributed by atoms with Crippen molar-refractivity contribution in [3.8, 4) is 0 Å². The normalized spacial score (nSPS) is 17.7. The van der Waals surface area contributed by atoms with Gasteiger partial charge in [0.2, 0.25) is 0 Å².